The molecular formula is C15H10F2N2S. The van der Waals surface area contributed by atoms with E-state index in [9.17, 15) is 8.78 Å². The second-order valence-corrected chi connectivity index (χ2v) is 5.35. The molecule has 0 fully saturated rings. The molecule has 0 bridgehead atoms. The van der Waals surface area contributed by atoms with E-state index in [1.54, 1.807) is 24.4 Å². The van der Waals surface area contributed by atoms with Crippen LogP contribution < -0.4 is 5.73 Å². The van der Waals surface area contributed by atoms with Crippen molar-refractivity contribution in [3.63, 3.8) is 0 Å². The molecule has 3 aromatic rings. The predicted octanol–water partition coefficient (Wildman–Crippen LogP) is 4.25. The van der Waals surface area contributed by atoms with E-state index in [4.69, 9.17) is 5.73 Å². The summed E-state index contributed by atoms with van der Waals surface area (Å²) in [4.78, 5) is 5.27. The quantitative estimate of drug-likeness (QED) is 0.717. The Balaban J connectivity index is 2.09. The van der Waals surface area contributed by atoms with Gasteiger partial charge in [-0.3, -0.25) is 4.98 Å². The van der Waals surface area contributed by atoms with Crippen LogP contribution >= 0.6 is 11.8 Å². The molecule has 2 N–H and O–H groups in total. The molecule has 3 rings (SSSR count). The predicted molar refractivity (Wildman–Crippen MR) is 76.6 cm³/mol. The van der Waals surface area contributed by atoms with Gasteiger partial charge >= 0.3 is 0 Å². The summed E-state index contributed by atoms with van der Waals surface area (Å²) in [6.07, 6.45) is 1.63. The second-order valence-electron chi connectivity index (χ2n) is 4.26. The lowest BCUT2D eigenvalue weighted by molar-refractivity contribution is 0.577. The number of benzene rings is 2. The van der Waals surface area contributed by atoms with Crippen LogP contribution in [0.3, 0.4) is 0 Å². The van der Waals surface area contributed by atoms with Crippen molar-refractivity contribution in [2.24, 2.45) is 0 Å². The van der Waals surface area contributed by atoms with Crippen LogP contribution in [0.15, 0.2) is 58.5 Å². The lowest BCUT2D eigenvalue weighted by atomic mass is 10.2. The van der Waals surface area contributed by atoms with Crippen LogP contribution in [0.4, 0.5) is 14.5 Å². The number of aromatic nitrogens is 1. The molecule has 0 spiro atoms. The molecule has 0 unspecified atom stereocenters. The van der Waals surface area contributed by atoms with Gasteiger partial charge in [0.15, 0.2) is 0 Å². The van der Waals surface area contributed by atoms with Crippen molar-refractivity contribution in [3.8, 4) is 0 Å². The topological polar surface area (TPSA) is 38.9 Å². The first-order valence-electron chi connectivity index (χ1n) is 5.90. The van der Waals surface area contributed by atoms with Crippen LogP contribution in [0.25, 0.3) is 10.9 Å². The molecule has 0 amide bonds. The van der Waals surface area contributed by atoms with Gasteiger partial charge in [-0.1, -0.05) is 11.8 Å². The Morgan fingerprint density at radius 3 is 2.65 bits per heavy atom. The molecule has 0 radical (unpaired) electrons. The molecule has 0 aliphatic rings. The Kier molecular flexibility index (Phi) is 3.28. The third kappa shape index (κ3) is 2.44. The first kappa shape index (κ1) is 12.9. The first-order chi connectivity index (χ1) is 9.63. The van der Waals surface area contributed by atoms with Gasteiger partial charge in [-0.25, -0.2) is 8.78 Å². The van der Waals surface area contributed by atoms with Gasteiger partial charge in [0.1, 0.15) is 11.6 Å². The van der Waals surface area contributed by atoms with Gasteiger partial charge in [-0.2, -0.15) is 0 Å². The molecule has 0 saturated carbocycles. The van der Waals surface area contributed by atoms with E-state index in [0.29, 0.717) is 5.69 Å². The fraction of sp³-hybridized carbons (Fsp3) is 0. The molecule has 1 heterocycles. The van der Waals surface area contributed by atoms with Gasteiger partial charge in [0.2, 0.25) is 0 Å². The zero-order valence-electron chi connectivity index (χ0n) is 10.3. The number of pyridine rings is 1. The van der Waals surface area contributed by atoms with E-state index in [0.717, 1.165) is 27.9 Å². The van der Waals surface area contributed by atoms with Crippen molar-refractivity contribution in [3.05, 3.63) is 60.3 Å². The minimum atomic E-state index is -0.462. The van der Waals surface area contributed by atoms with E-state index in [2.05, 4.69) is 4.98 Å². The maximum atomic E-state index is 13.7. The molecular weight excluding hydrogens is 278 g/mol. The van der Waals surface area contributed by atoms with Gasteiger partial charge in [0.25, 0.3) is 0 Å². The molecule has 1 aromatic heterocycles. The minimum absolute atomic E-state index is 0.245. The highest BCUT2D eigenvalue weighted by atomic mass is 32.2. The van der Waals surface area contributed by atoms with Gasteiger partial charge in [-0.05, 0) is 42.5 Å². The summed E-state index contributed by atoms with van der Waals surface area (Å²) >= 11 is 1.17. The highest BCUT2D eigenvalue weighted by Gasteiger charge is 2.09. The first-order valence-corrected chi connectivity index (χ1v) is 6.72. The van der Waals surface area contributed by atoms with Crippen LogP contribution in [0.5, 0.6) is 0 Å². The van der Waals surface area contributed by atoms with E-state index in [1.165, 1.54) is 17.8 Å². The summed E-state index contributed by atoms with van der Waals surface area (Å²) in [6.45, 7) is 0. The molecule has 0 atom stereocenters. The zero-order valence-corrected chi connectivity index (χ0v) is 11.1. The number of hydrogen-bond donors (Lipinski definition) is 1. The Hall–Kier alpha value is -2.14. The largest absolute Gasteiger partial charge is 0.399 e. The van der Waals surface area contributed by atoms with E-state index in [1.807, 2.05) is 6.07 Å². The summed E-state index contributed by atoms with van der Waals surface area (Å²) in [7, 11) is 0. The average molecular weight is 288 g/mol. The number of anilines is 1. The number of halogens is 2. The van der Waals surface area contributed by atoms with Crippen molar-refractivity contribution in [2.45, 2.75) is 9.79 Å². The highest BCUT2D eigenvalue weighted by molar-refractivity contribution is 7.99. The van der Waals surface area contributed by atoms with Gasteiger partial charge in [0.05, 0.1) is 10.4 Å². The van der Waals surface area contributed by atoms with E-state index < -0.39 is 11.6 Å². The van der Waals surface area contributed by atoms with Crippen molar-refractivity contribution >= 4 is 28.4 Å². The van der Waals surface area contributed by atoms with Crippen molar-refractivity contribution in [2.75, 3.05) is 5.73 Å². The Morgan fingerprint density at radius 1 is 0.950 bits per heavy atom. The summed E-state index contributed by atoms with van der Waals surface area (Å²) in [5.41, 5.74) is 7.06. The maximum absolute atomic E-state index is 13.7. The van der Waals surface area contributed by atoms with Crippen LogP contribution in [-0.2, 0) is 0 Å². The van der Waals surface area contributed by atoms with Crippen molar-refractivity contribution in [1.29, 1.82) is 0 Å². The molecule has 2 aromatic carbocycles. The lowest BCUT2D eigenvalue weighted by Crippen LogP contribution is -1.88. The Labute approximate surface area is 118 Å². The molecule has 0 aliphatic carbocycles. The highest BCUT2D eigenvalue weighted by Crippen LogP contribution is 2.34. The van der Waals surface area contributed by atoms with Crippen LogP contribution in [0.2, 0.25) is 0 Å². The average Bonchev–Trinajstić information content (AvgIpc) is 2.43. The summed E-state index contributed by atoms with van der Waals surface area (Å²) in [6, 6.07) is 10.5. The normalized spacial score (nSPS) is 10.9. The van der Waals surface area contributed by atoms with Gasteiger partial charge in [0, 0.05) is 22.2 Å². The van der Waals surface area contributed by atoms with Crippen molar-refractivity contribution in [1.82, 2.24) is 4.98 Å². The van der Waals surface area contributed by atoms with E-state index >= 15 is 0 Å². The molecule has 0 saturated heterocycles. The summed E-state index contributed by atoms with van der Waals surface area (Å²) < 4.78 is 26.9. The van der Waals surface area contributed by atoms with Gasteiger partial charge in [-0.15, -0.1) is 0 Å². The number of nitrogens with zero attached hydrogens (tertiary/aromatic N) is 1. The fourth-order valence-electron chi connectivity index (χ4n) is 1.90. The van der Waals surface area contributed by atoms with Crippen LogP contribution in [0.1, 0.15) is 0 Å². The number of nitrogens with two attached hydrogens (primary N) is 1. The van der Waals surface area contributed by atoms with Crippen LogP contribution in [0, 0.1) is 11.6 Å². The zero-order chi connectivity index (χ0) is 14.1. The monoisotopic (exact) mass is 288 g/mol. The third-order valence-electron chi connectivity index (χ3n) is 2.84. The number of fused-ring (bicyclic) bond motifs is 1. The van der Waals surface area contributed by atoms with E-state index in [-0.39, 0.29) is 4.90 Å². The lowest BCUT2D eigenvalue weighted by Gasteiger charge is -2.07. The molecule has 100 valence electrons. The van der Waals surface area contributed by atoms with Crippen molar-refractivity contribution < 1.29 is 8.78 Å². The molecule has 20 heavy (non-hydrogen) atoms. The fourth-order valence-corrected chi connectivity index (χ4v) is 2.89. The number of rotatable bonds is 2. The Morgan fingerprint density at radius 2 is 1.80 bits per heavy atom. The Bertz CT molecular complexity index is 790. The van der Waals surface area contributed by atoms with Gasteiger partial charge < -0.3 is 5.73 Å². The molecule has 5 heteroatoms. The number of hydrogen-bond acceptors (Lipinski definition) is 3. The second kappa shape index (κ2) is 5.09. The molecule has 0 aliphatic heterocycles. The third-order valence-corrected chi connectivity index (χ3v) is 3.95. The maximum Gasteiger partial charge on any atom is 0.137 e. The SMILES string of the molecule is Nc1ccc2c(Sc3cc(F)ccc3F)ccnc2c1. The number of nitrogen functional groups attached to an aromatic ring is 1. The standard InChI is InChI=1S/C15H10F2N2S/c16-9-1-4-12(17)15(7-9)20-14-5-6-19-13-8-10(18)2-3-11(13)14/h1-8H,18H2. The summed E-state index contributed by atoms with van der Waals surface area (Å²) in [5, 5.41) is 0.857. The van der Waals surface area contributed by atoms with Crippen LogP contribution in [-0.4, -0.2) is 4.98 Å². The molecule has 2 nitrogen and oxygen atoms in total. The summed E-state index contributed by atoms with van der Waals surface area (Å²) in [5.74, 6) is -0.909. The smallest absolute Gasteiger partial charge is 0.137 e. The minimum Gasteiger partial charge on any atom is -0.399 e.